The van der Waals surface area contributed by atoms with Crippen LogP contribution in [-0.2, 0) is 28.4 Å². The predicted octanol–water partition coefficient (Wildman–Crippen LogP) is 7.24. The molecule has 1 aromatic carbocycles. The lowest BCUT2D eigenvalue weighted by Gasteiger charge is -2.15. The monoisotopic (exact) mass is 524 g/mol. The van der Waals surface area contributed by atoms with E-state index in [1.807, 2.05) is 38.2 Å². The maximum absolute atomic E-state index is 5.85. The van der Waals surface area contributed by atoms with Gasteiger partial charge in [0.05, 0.1) is 34.5 Å². The molecule has 0 unspecified atom stereocenters. The largest absolute Gasteiger partial charge is 0.499 e. The molecule has 0 aromatic heterocycles. The van der Waals surface area contributed by atoms with Crippen molar-refractivity contribution in [2.75, 3.05) is 54.9 Å². The Balaban J connectivity index is 2.93. The molecule has 0 atom stereocenters. The molecule has 0 radical (unpaired) electrons. The van der Waals surface area contributed by atoms with Crippen molar-refractivity contribution in [3.05, 3.63) is 107 Å². The number of hydrogen-bond acceptors (Lipinski definition) is 6. The van der Waals surface area contributed by atoms with Crippen molar-refractivity contribution in [3.8, 4) is 0 Å². The summed E-state index contributed by atoms with van der Waals surface area (Å²) in [6.07, 6.45) is 17.3. The summed E-state index contributed by atoms with van der Waals surface area (Å²) >= 11 is 0. The van der Waals surface area contributed by atoms with Gasteiger partial charge in [-0.1, -0.05) is 68.1 Å². The van der Waals surface area contributed by atoms with Crippen LogP contribution in [0, 0.1) is 0 Å². The van der Waals surface area contributed by atoms with E-state index in [1.54, 1.807) is 34.5 Å². The smallest absolute Gasteiger partial charge is 0.203 e. The molecule has 1 rings (SSSR count). The molecule has 0 fully saturated rings. The normalized spacial score (nSPS) is 13.6. The molecule has 6 heteroatoms. The third kappa shape index (κ3) is 12.7. The van der Waals surface area contributed by atoms with Crippen LogP contribution in [-0.4, -0.2) is 54.9 Å². The summed E-state index contributed by atoms with van der Waals surface area (Å²) in [5.41, 5.74) is 3.17. The van der Waals surface area contributed by atoms with E-state index in [0.717, 1.165) is 28.9 Å². The minimum absolute atomic E-state index is 0.429. The first kappa shape index (κ1) is 32.5. The predicted molar refractivity (Wildman–Crippen MR) is 156 cm³/mol. The maximum Gasteiger partial charge on any atom is 0.203 e. The van der Waals surface area contributed by atoms with Crippen LogP contribution in [0.5, 0.6) is 0 Å². The highest BCUT2D eigenvalue weighted by Gasteiger charge is 2.13. The summed E-state index contributed by atoms with van der Waals surface area (Å²) < 4.78 is 32.9. The SMILES string of the molecule is C=C/C(OC)=C(OCCC)\C(=C/C/C=C/c1ccc(/C=C/C(=C/COC)/C=C(\COCC)OC)cc1)OC. The fourth-order valence-electron chi connectivity index (χ4n) is 3.20. The van der Waals surface area contributed by atoms with Crippen molar-refractivity contribution < 1.29 is 28.4 Å². The molecule has 0 aliphatic rings. The minimum Gasteiger partial charge on any atom is -0.499 e. The van der Waals surface area contributed by atoms with Crippen LogP contribution in [0.25, 0.3) is 12.2 Å². The van der Waals surface area contributed by atoms with Crippen LogP contribution in [0.15, 0.2) is 95.9 Å². The fraction of sp³-hybridized carbons (Fsp3) is 0.375. The zero-order valence-electron chi connectivity index (χ0n) is 23.8. The highest BCUT2D eigenvalue weighted by atomic mass is 16.5. The van der Waals surface area contributed by atoms with E-state index in [0.29, 0.717) is 50.1 Å². The van der Waals surface area contributed by atoms with Gasteiger partial charge >= 0.3 is 0 Å². The van der Waals surface area contributed by atoms with Crippen LogP contribution in [0.3, 0.4) is 0 Å². The Morgan fingerprint density at radius 1 is 0.895 bits per heavy atom. The average Bonchev–Trinajstić information content (AvgIpc) is 2.95. The van der Waals surface area contributed by atoms with Gasteiger partial charge in [0, 0.05) is 13.7 Å². The van der Waals surface area contributed by atoms with Crippen LogP contribution >= 0.6 is 0 Å². The Morgan fingerprint density at radius 3 is 2.16 bits per heavy atom. The number of rotatable bonds is 19. The van der Waals surface area contributed by atoms with Gasteiger partial charge in [-0.15, -0.1) is 0 Å². The molecule has 0 N–H and O–H groups in total. The second-order valence-corrected chi connectivity index (χ2v) is 7.97. The molecule has 0 bridgehead atoms. The van der Waals surface area contributed by atoms with Gasteiger partial charge in [0.15, 0.2) is 11.5 Å². The molecular weight excluding hydrogens is 480 g/mol. The lowest BCUT2D eigenvalue weighted by molar-refractivity contribution is 0.124. The summed E-state index contributed by atoms with van der Waals surface area (Å²) in [4.78, 5) is 0. The molecule has 38 heavy (non-hydrogen) atoms. The third-order valence-corrected chi connectivity index (χ3v) is 5.20. The Kier molecular flexibility index (Phi) is 17.6. The van der Waals surface area contributed by atoms with Gasteiger partial charge < -0.3 is 28.4 Å². The number of benzene rings is 1. The van der Waals surface area contributed by atoms with E-state index in [-0.39, 0.29) is 0 Å². The van der Waals surface area contributed by atoms with Gasteiger partial charge in [-0.05, 0) is 54.7 Å². The van der Waals surface area contributed by atoms with E-state index >= 15 is 0 Å². The molecule has 0 amide bonds. The Labute approximate surface area is 229 Å². The molecule has 208 valence electrons. The van der Waals surface area contributed by atoms with Crippen molar-refractivity contribution in [1.29, 1.82) is 0 Å². The van der Waals surface area contributed by atoms with Crippen LogP contribution in [0.1, 0.15) is 37.8 Å². The summed E-state index contributed by atoms with van der Waals surface area (Å²) in [5, 5.41) is 0. The van der Waals surface area contributed by atoms with Crippen LogP contribution in [0.4, 0.5) is 0 Å². The zero-order chi connectivity index (χ0) is 28.0. The Hall–Kier alpha value is -3.48. The molecule has 0 aliphatic heterocycles. The van der Waals surface area contributed by atoms with Crippen molar-refractivity contribution in [2.24, 2.45) is 0 Å². The van der Waals surface area contributed by atoms with E-state index in [1.165, 1.54) is 0 Å². The fourth-order valence-corrected chi connectivity index (χ4v) is 3.20. The Morgan fingerprint density at radius 2 is 1.61 bits per heavy atom. The first-order chi connectivity index (χ1) is 18.6. The second kappa shape index (κ2) is 20.6. The highest BCUT2D eigenvalue weighted by molar-refractivity contribution is 5.58. The van der Waals surface area contributed by atoms with Gasteiger partial charge in [-0.3, -0.25) is 0 Å². The molecule has 0 saturated carbocycles. The molecule has 6 nitrogen and oxygen atoms in total. The van der Waals surface area contributed by atoms with Crippen molar-refractivity contribution in [2.45, 2.75) is 26.7 Å². The Bertz CT molecular complexity index is 993. The molecule has 1 aromatic rings. The van der Waals surface area contributed by atoms with E-state index in [4.69, 9.17) is 28.4 Å². The quantitative estimate of drug-likeness (QED) is 0.140. The van der Waals surface area contributed by atoms with E-state index in [2.05, 4.69) is 49.1 Å². The van der Waals surface area contributed by atoms with Gasteiger partial charge in [0.2, 0.25) is 5.76 Å². The van der Waals surface area contributed by atoms with Crippen molar-refractivity contribution >= 4 is 12.2 Å². The molecule has 0 saturated heterocycles. The second-order valence-electron chi connectivity index (χ2n) is 7.97. The molecular formula is C32H44O6. The summed E-state index contributed by atoms with van der Waals surface area (Å²) in [5.74, 6) is 2.47. The molecule has 0 aliphatic carbocycles. The van der Waals surface area contributed by atoms with E-state index < -0.39 is 0 Å². The van der Waals surface area contributed by atoms with Gasteiger partial charge in [-0.2, -0.15) is 0 Å². The third-order valence-electron chi connectivity index (χ3n) is 5.20. The number of hydrogen-bond donors (Lipinski definition) is 0. The van der Waals surface area contributed by atoms with Crippen LogP contribution < -0.4 is 0 Å². The summed E-state index contributed by atoms with van der Waals surface area (Å²) in [7, 11) is 6.53. The summed E-state index contributed by atoms with van der Waals surface area (Å²) in [6.45, 7) is 9.94. The highest BCUT2D eigenvalue weighted by Crippen LogP contribution is 2.20. The average molecular weight is 525 g/mol. The summed E-state index contributed by atoms with van der Waals surface area (Å²) in [6, 6.07) is 8.32. The standard InChI is InChI=1S/C32H44O6/c1-8-22-38-32(30(9-2)35-6)31(36-7)14-12-11-13-26-15-17-27(18-16-26)19-20-28(21-23-33-4)24-29(34-5)25-37-10-3/h9,11,13-21,24H,2,8,10,12,22-23,25H2,1,3-7H3/b13-11+,20-19+,28-21-,29-24+,31-14+,32-30-. The van der Waals surface area contributed by atoms with E-state index in [9.17, 15) is 0 Å². The number of allylic oxidation sites excluding steroid dienone is 6. The van der Waals surface area contributed by atoms with Gasteiger partial charge in [0.1, 0.15) is 12.4 Å². The van der Waals surface area contributed by atoms with Crippen molar-refractivity contribution in [1.82, 2.24) is 0 Å². The van der Waals surface area contributed by atoms with Crippen LogP contribution in [0.2, 0.25) is 0 Å². The molecule has 0 heterocycles. The zero-order valence-corrected chi connectivity index (χ0v) is 23.8. The lowest BCUT2D eigenvalue weighted by Crippen LogP contribution is -2.04. The number of ether oxygens (including phenoxy) is 6. The van der Waals surface area contributed by atoms with Gasteiger partial charge in [-0.25, -0.2) is 0 Å². The minimum atomic E-state index is 0.429. The lowest BCUT2D eigenvalue weighted by atomic mass is 10.1. The van der Waals surface area contributed by atoms with Gasteiger partial charge in [0.25, 0.3) is 0 Å². The first-order valence-electron chi connectivity index (χ1n) is 12.8. The topological polar surface area (TPSA) is 55.4 Å². The molecule has 0 spiro atoms. The van der Waals surface area contributed by atoms with Crippen molar-refractivity contribution in [3.63, 3.8) is 0 Å². The maximum atomic E-state index is 5.85. The number of methoxy groups -OCH3 is 4. The first-order valence-corrected chi connectivity index (χ1v) is 12.8.